The standard InChI is InChI=1S/C11H14F3N/c1-7-6-8(4-5-9(7)12)11(13,14)10(2,3)15/h4-6H,15H2,1-3H3. The summed E-state index contributed by atoms with van der Waals surface area (Å²) in [6, 6.07) is 3.23. The van der Waals surface area contributed by atoms with Gasteiger partial charge in [-0.05, 0) is 38.5 Å². The Morgan fingerprint density at radius 2 is 1.73 bits per heavy atom. The third kappa shape index (κ3) is 2.15. The van der Waals surface area contributed by atoms with Gasteiger partial charge in [-0.15, -0.1) is 0 Å². The van der Waals surface area contributed by atoms with Crippen LogP contribution in [0.5, 0.6) is 0 Å². The smallest absolute Gasteiger partial charge is 0.290 e. The topological polar surface area (TPSA) is 26.0 Å². The lowest BCUT2D eigenvalue weighted by molar-refractivity contribution is -0.0673. The van der Waals surface area contributed by atoms with Crippen LogP contribution in [-0.4, -0.2) is 5.54 Å². The minimum atomic E-state index is -3.18. The van der Waals surface area contributed by atoms with E-state index in [1.165, 1.54) is 20.8 Å². The summed E-state index contributed by atoms with van der Waals surface area (Å²) in [6.45, 7) is 3.93. The average molecular weight is 217 g/mol. The first kappa shape index (κ1) is 12.0. The van der Waals surface area contributed by atoms with Crippen molar-refractivity contribution in [2.45, 2.75) is 32.2 Å². The molecule has 15 heavy (non-hydrogen) atoms. The minimum Gasteiger partial charge on any atom is -0.320 e. The Labute approximate surface area is 87.1 Å². The average Bonchev–Trinajstić information content (AvgIpc) is 2.07. The van der Waals surface area contributed by atoms with Crippen LogP contribution in [0.3, 0.4) is 0 Å². The van der Waals surface area contributed by atoms with Gasteiger partial charge < -0.3 is 5.73 Å². The fourth-order valence-corrected chi connectivity index (χ4v) is 1.21. The molecule has 0 heterocycles. The molecule has 1 aromatic rings. The van der Waals surface area contributed by atoms with Gasteiger partial charge in [0.05, 0.1) is 5.54 Å². The highest BCUT2D eigenvalue weighted by atomic mass is 19.3. The van der Waals surface area contributed by atoms with Crippen molar-refractivity contribution in [2.24, 2.45) is 5.73 Å². The summed E-state index contributed by atoms with van der Waals surface area (Å²) in [4.78, 5) is 0. The molecule has 0 aliphatic rings. The van der Waals surface area contributed by atoms with Gasteiger partial charge in [0.15, 0.2) is 0 Å². The van der Waals surface area contributed by atoms with E-state index in [1.807, 2.05) is 0 Å². The lowest BCUT2D eigenvalue weighted by Crippen LogP contribution is -2.48. The highest BCUT2D eigenvalue weighted by molar-refractivity contribution is 5.29. The molecule has 0 radical (unpaired) electrons. The minimum absolute atomic E-state index is 0.191. The predicted octanol–water partition coefficient (Wildman–Crippen LogP) is 2.96. The van der Waals surface area contributed by atoms with Gasteiger partial charge in [-0.2, -0.15) is 8.78 Å². The number of alkyl halides is 2. The van der Waals surface area contributed by atoms with Crippen molar-refractivity contribution >= 4 is 0 Å². The maximum Gasteiger partial charge on any atom is 0.290 e. The van der Waals surface area contributed by atoms with Crippen LogP contribution >= 0.6 is 0 Å². The third-order valence-corrected chi connectivity index (χ3v) is 2.33. The monoisotopic (exact) mass is 217 g/mol. The quantitative estimate of drug-likeness (QED) is 0.809. The molecule has 4 heteroatoms. The molecule has 0 saturated carbocycles. The maximum absolute atomic E-state index is 13.7. The molecular weight excluding hydrogens is 203 g/mol. The summed E-state index contributed by atoms with van der Waals surface area (Å²) in [6.07, 6.45) is 0. The van der Waals surface area contributed by atoms with Gasteiger partial charge in [0.1, 0.15) is 5.82 Å². The maximum atomic E-state index is 13.7. The zero-order chi connectivity index (χ0) is 11.9. The predicted molar refractivity (Wildman–Crippen MR) is 53.3 cm³/mol. The van der Waals surface area contributed by atoms with Crippen LogP contribution in [-0.2, 0) is 5.92 Å². The van der Waals surface area contributed by atoms with Gasteiger partial charge in [0.25, 0.3) is 5.92 Å². The molecule has 84 valence electrons. The molecule has 0 atom stereocenters. The summed E-state index contributed by atoms with van der Waals surface area (Å²) < 4.78 is 40.4. The van der Waals surface area contributed by atoms with E-state index in [9.17, 15) is 13.2 Å². The summed E-state index contributed by atoms with van der Waals surface area (Å²) in [5.41, 5.74) is 3.66. The SMILES string of the molecule is Cc1cc(C(F)(F)C(C)(C)N)ccc1F. The van der Waals surface area contributed by atoms with Crippen molar-refractivity contribution in [1.82, 2.24) is 0 Å². The molecule has 0 aliphatic heterocycles. The lowest BCUT2D eigenvalue weighted by Gasteiger charge is -2.30. The first-order chi connectivity index (χ1) is 6.66. The van der Waals surface area contributed by atoms with Gasteiger partial charge in [-0.3, -0.25) is 0 Å². The second kappa shape index (κ2) is 3.52. The van der Waals surface area contributed by atoms with Crippen molar-refractivity contribution in [3.05, 3.63) is 35.1 Å². The van der Waals surface area contributed by atoms with Gasteiger partial charge in [0.2, 0.25) is 0 Å². The molecule has 2 N–H and O–H groups in total. The molecule has 1 aromatic carbocycles. The molecule has 0 spiro atoms. The number of benzene rings is 1. The van der Waals surface area contributed by atoms with Crippen molar-refractivity contribution < 1.29 is 13.2 Å². The highest BCUT2D eigenvalue weighted by Gasteiger charge is 2.45. The van der Waals surface area contributed by atoms with E-state index in [4.69, 9.17) is 5.73 Å². The molecular formula is C11H14F3N. The molecule has 0 unspecified atom stereocenters. The molecule has 0 aliphatic carbocycles. The Kier molecular flexibility index (Phi) is 2.83. The first-order valence-electron chi connectivity index (χ1n) is 4.59. The fourth-order valence-electron chi connectivity index (χ4n) is 1.21. The lowest BCUT2D eigenvalue weighted by atomic mass is 9.90. The zero-order valence-corrected chi connectivity index (χ0v) is 8.94. The number of aryl methyl sites for hydroxylation is 1. The molecule has 0 saturated heterocycles. The summed E-state index contributed by atoms with van der Waals surface area (Å²) in [5, 5.41) is 0. The second-order valence-corrected chi connectivity index (χ2v) is 4.26. The van der Waals surface area contributed by atoms with Crippen LogP contribution in [0.4, 0.5) is 13.2 Å². The summed E-state index contributed by atoms with van der Waals surface area (Å²) in [7, 11) is 0. The Bertz CT molecular complexity index is 367. The number of hydrogen-bond acceptors (Lipinski definition) is 1. The molecule has 0 aromatic heterocycles. The van der Waals surface area contributed by atoms with Crippen LogP contribution in [0.25, 0.3) is 0 Å². The highest BCUT2D eigenvalue weighted by Crippen LogP contribution is 2.37. The fraction of sp³-hybridized carbons (Fsp3) is 0.455. The Balaban J connectivity index is 3.22. The van der Waals surface area contributed by atoms with Crippen molar-refractivity contribution in [2.75, 3.05) is 0 Å². The van der Waals surface area contributed by atoms with Gasteiger partial charge in [0, 0.05) is 5.56 Å². The molecule has 0 bridgehead atoms. The van der Waals surface area contributed by atoms with Crippen LogP contribution < -0.4 is 5.73 Å². The van der Waals surface area contributed by atoms with Crippen molar-refractivity contribution in [3.63, 3.8) is 0 Å². The summed E-state index contributed by atoms with van der Waals surface area (Å²) in [5.74, 6) is -3.67. The number of rotatable bonds is 2. The first-order valence-corrected chi connectivity index (χ1v) is 4.59. The Morgan fingerprint density at radius 1 is 1.20 bits per heavy atom. The van der Waals surface area contributed by atoms with E-state index in [0.29, 0.717) is 0 Å². The van der Waals surface area contributed by atoms with E-state index in [1.54, 1.807) is 0 Å². The number of halogens is 3. The largest absolute Gasteiger partial charge is 0.320 e. The van der Waals surface area contributed by atoms with Gasteiger partial charge in [-0.25, -0.2) is 4.39 Å². The van der Waals surface area contributed by atoms with E-state index in [-0.39, 0.29) is 11.1 Å². The molecule has 1 rings (SSSR count). The van der Waals surface area contributed by atoms with Crippen LogP contribution in [0.2, 0.25) is 0 Å². The van der Waals surface area contributed by atoms with Crippen LogP contribution in [0.15, 0.2) is 18.2 Å². The van der Waals surface area contributed by atoms with E-state index in [0.717, 1.165) is 18.2 Å². The number of hydrogen-bond donors (Lipinski definition) is 1. The zero-order valence-electron chi connectivity index (χ0n) is 8.94. The second-order valence-electron chi connectivity index (χ2n) is 4.26. The number of nitrogens with two attached hydrogens (primary N) is 1. The Hall–Kier alpha value is -1.03. The van der Waals surface area contributed by atoms with Gasteiger partial charge in [-0.1, -0.05) is 6.07 Å². The van der Waals surface area contributed by atoms with Crippen LogP contribution in [0, 0.1) is 12.7 Å². The van der Waals surface area contributed by atoms with E-state index in [2.05, 4.69) is 0 Å². The van der Waals surface area contributed by atoms with Crippen molar-refractivity contribution in [3.8, 4) is 0 Å². The van der Waals surface area contributed by atoms with Crippen molar-refractivity contribution in [1.29, 1.82) is 0 Å². The Morgan fingerprint density at radius 3 is 2.13 bits per heavy atom. The normalized spacial score (nSPS) is 13.0. The molecule has 0 fully saturated rings. The van der Waals surface area contributed by atoms with E-state index >= 15 is 0 Å². The third-order valence-electron chi connectivity index (χ3n) is 2.33. The molecule has 1 nitrogen and oxygen atoms in total. The van der Waals surface area contributed by atoms with Gasteiger partial charge >= 0.3 is 0 Å². The molecule has 0 amide bonds. The summed E-state index contributed by atoms with van der Waals surface area (Å²) >= 11 is 0. The van der Waals surface area contributed by atoms with Crippen LogP contribution in [0.1, 0.15) is 25.0 Å². The van der Waals surface area contributed by atoms with E-state index < -0.39 is 17.3 Å².